The average Bonchev–Trinajstić information content (AvgIpc) is 3.14. The van der Waals surface area contributed by atoms with Crippen LogP contribution in [0, 0.1) is 0 Å². The van der Waals surface area contributed by atoms with E-state index in [1.54, 1.807) is 54.1 Å². The van der Waals surface area contributed by atoms with Crippen molar-refractivity contribution < 1.29 is 14.3 Å². The number of thioether (sulfide) groups is 1. The van der Waals surface area contributed by atoms with Gasteiger partial charge < -0.3 is 19.9 Å². The Labute approximate surface area is 199 Å². The number of benzene rings is 2. The summed E-state index contributed by atoms with van der Waals surface area (Å²) in [7, 11) is 3.39. The van der Waals surface area contributed by atoms with Crippen molar-refractivity contribution in [2.24, 2.45) is 7.05 Å². The zero-order valence-electron chi connectivity index (χ0n) is 17.4. The molecular weight excluding hydrogens is 473 g/mol. The van der Waals surface area contributed by atoms with Crippen LogP contribution in [0.1, 0.15) is 16.2 Å². The van der Waals surface area contributed by atoms with E-state index >= 15 is 0 Å². The van der Waals surface area contributed by atoms with Crippen molar-refractivity contribution in [3.8, 4) is 5.75 Å². The minimum Gasteiger partial charge on any atom is -0.497 e. The first-order valence-electron chi connectivity index (χ1n) is 9.55. The van der Waals surface area contributed by atoms with E-state index in [2.05, 4.69) is 20.8 Å². The van der Waals surface area contributed by atoms with Crippen LogP contribution in [0.2, 0.25) is 10.0 Å². The number of hydrogen-bond acceptors (Lipinski definition) is 6. The van der Waals surface area contributed by atoms with E-state index in [0.29, 0.717) is 51.0 Å². The van der Waals surface area contributed by atoms with Crippen molar-refractivity contribution in [3.63, 3.8) is 0 Å². The number of nitrogens with one attached hydrogen (secondary N) is 2. The quantitative estimate of drug-likeness (QED) is 0.439. The van der Waals surface area contributed by atoms with Crippen LogP contribution in [-0.2, 0) is 18.3 Å². The number of aromatic nitrogens is 3. The molecule has 0 unspecified atom stereocenters. The standard InChI is InChI=1S/C21H21Cl2N5O3S/c1-28-18(9-10-24-20(30)13-3-6-15(31-2)7-4-13)26-27-21(28)32-12-19(29)25-17-11-14(22)5-8-16(17)23/h3-8,11H,9-10,12H2,1-2H3,(H,24,30)(H,25,29). The fourth-order valence-electron chi connectivity index (χ4n) is 2.73. The molecule has 1 aromatic heterocycles. The van der Waals surface area contributed by atoms with Gasteiger partial charge in [0.1, 0.15) is 11.6 Å². The van der Waals surface area contributed by atoms with Crippen LogP contribution >= 0.6 is 35.0 Å². The van der Waals surface area contributed by atoms with Crippen molar-refractivity contribution in [3.05, 3.63) is 63.9 Å². The third-order valence-electron chi connectivity index (χ3n) is 4.45. The summed E-state index contributed by atoms with van der Waals surface area (Å²) in [6, 6.07) is 11.7. The van der Waals surface area contributed by atoms with Gasteiger partial charge in [-0.1, -0.05) is 35.0 Å². The average molecular weight is 494 g/mol. The summed E-state index contributed by atoms with van der Waals surface area (Å²) in [5.41, 5.74) is 1.00. The molecule has 3 aromatic rings. The van der Waals surface area contributed by atoms with E-state index in [1.165, 1.54) is 11.8 Å². The SMILES string of the molecule is COc1ccc(C(=O)NCCc2nnc(SCC(=O)Nc3cc(Cl)ccc3Cl)n2C)cc1. The number of carbonyl (C=O) groups is 2. The molecule has 0 aliphatic rings. The van der Waals surface area contributed by atoms with Crippen LogP contribution in [-0.4, -0.2) is 46.0 Å². The lowest BCUT2D eigenvalue weighted by Gasteiger charge is -2.08. The lowest BCUT2D eigenvalue weighted by atomic mass is 10.2. The molecule has 0 fully saturated rings. The Kier molecular flexibility index (Phi) is 8.38. The molecule has 2 N–H and O–H groups in total. The van der Waals surface area contributed by atoms with Gasteiger partial charge in [-0.15, -0.1) is 10.2 Å². The largest absolute Gasteiger partial charge is 0.497 e. The molecule has 11 heteroatoms. The number of nitrogens with zero attached hydrogens (tertiary/aromatic N) is 3. The number of ether oxygens (including phenoxy) is 1. The van der Waals surface area contributed by atoms with E-state index in [-0.39, 0.29) is 17.6 Å². The van der Waals surface area contributed by atoms with Crippen LogP contribution < -0.4 is 15.4 Å². The van der Waals surface area contributed by atoms with Gasteiger partial charge in [-0.3, -0.25) is 9.59 Å². The Morgan fingerprint density at radius 3 is 2.59 bits per heavy atom. The van der Waals surface area contributed by atoms with Crippen molar-refractivity contribution >= 4 is 52.5 Å². The number of methoxy groups -OCH3 is 1. The van der Waals surface area contributed by atoms with E-state index in [0.717, 1.165) is 0 Å². The number of amides is 2. The highest BCUT2D eigenvalue weighted by Crippen LogP contribution is 2.26. The van der Waals surface area contributed by atoms with E-state index in [9.17, 15) is 9.59 Å². The summed E-state index contributed by atoms with van der Waals surface area (Å²) < 4.78 is 6.89. The lowest BCUT2D eigenvalue weighted by Crippen LogP contribution is -2.26. The van der Waals surface area contributed by atoms with Crippen molar-refractivity contribution in [2.45, 2.75) is 11.6 Å². The van der Waals surface area contributed by atoms with Crippen LogP contribution in [0.15, 0.2) is 47.6 Å². The zero-order chi connectivity index (χ0) is 23.1. The molecule has 0 bridgehead atoms. The second-order valence-electron chi connectivity index (χ2n) is 6.65. The van der Waals surface area contributed by atoms with Gasteiger partial charge in [0.05, 0.1) is 23.6 Å². The summed E-state index contributed by atoms with van der Waals surface area (Å²) in [6.07, 6.45) is 0.496. The first-order chi connectivity index (χ1) is 15.4. The molecule has 168 valence electrons. The first-order valence-corrected chi connectivity index (χ1v) is 11.3. The monoisotopic (exact) mass is 493 g/mol. The maximum Gasteiger partial charge on any atom is 0.251 e. The maximum absolute atomic E-state index is 12.2. The minimum atomic E-state index is -0.240. The van der Waals surface area contributed by atoms with Crippen molar-refractivity contribution in [1.29, 1.82) is 0 Å². The molecule has 1 heterocycles. The Hall–Kier alpha value is -2.75. The lowest BCUT2D eigenvalue weighted by molar-refractivity contribution is -0.113. The van der Waals surface area contributed by atoms with Gasteiger partial charge in [0.15, 0.2) is 5.16 Å². The number of anilines is 1. The Morgan fingerprint density at radius 1 is 1.12 bits per heavy atom. The number of hydrogen-bond donors (Lipinski definition) is 2. The van der Waals surface area contributed by atoms with E-state index in [1.807, 2.05) is 7.05 Å². The Balaban J connectivity index is 1.47. The molecule has 0 saturated carbocycles. The van der Waals surface area contributed by atoms with Crippen LogP contribution in [0.5, 0.6) is 5.75 Å². The van der Waals surface area contributed by atoms with Crippen molar-refractivity contribution in [2.75, 3.05) is 24.7 Å². The van der Waals surface area contributed by atoms with E-state index < -0.39 is 0 Å². The summed E-state index contributed by atoms with van der Waals surface area (Å²) in [4.78, 5) is 24.5. The molecule has 0 radical (unpaired) electrons. The molecule has 0 aliphatic heterocycles. The molecule has 0 spiro atoms. The summed E-state index contributed by atoms with van der Waals surface area (Å²) in [5.74, 6) is 1.09. The minimum absolute atomic E-state index is 0.128. The third-order valence-corrected chi connectivity index (χ3v) is 6.03. The van der Waals surface area contributed by atoms with Gasteiger partial charge in [0, 0.05) is 30.6 Å². The van der Waals surface area contributed by atoms with Gasteiger partial charge in [-0.25, -0.2) is 0 Å². The van der Waals surface area contributed by atoms with Gasteiger partial charge in [-0.05, 0) is 42.5 Å². The molecule has 0 atom stereocenters. The molecular formula is C21H21Cl2N5O3S. The fourth-order valence-corrected chi connectivity index (χ4v) is 3.80. The summed E-state index contributed by atoms with van der Waals surface area (Å²) >= 11 is 13.3. The van der Waals surface area contributed by atoms with E-state index in [4.69, 9.17) is 27.9 Å². The smallest absolute Gasteiger partial charge is 0.251 e. The number of carbonyl (C=O) groups excluding carboxylic acids is 2. The van der Waals surface area contributed by atoms with Crippen LogP contribution in [0.4, 0.5) is 5.69 Å². The number of halogens is 2. The first kappa shape index (κ1) is 23.9. The predicted molar refractivity (Wildman–Crippen MR) is 126 cm³/mol. The zero-order valence-corrected chi connectivity index (χ0v) is 19.7. The fraction of sp³-hybridized carbons (Fsp3) is 0.238. The third kappa shape index (κ3) is 6.38. The predicted octanol–water partition coefficient (Wildman–Crippen LogP) is 3.83. The summed E-state index contributed by atoms with van der Waals surface area (Å²) in [5, 5.41) is 15.3. The van der Waals surface area contributed by atoms with Gasteiger partial charge >= 0.3 is 0 Å². The second-order valence-corrected chi connectivity index (χ2v) is 8.44. The second kappa shape index (κ2) is 11.2. The highest BCUT2D eigenvalue weighted by atomic mass is 35.5. The topological polar surface area (TPSA) is 98.1 Å². The Bertz CT molecular complexity index is 1110. The van der Waals surface area contributed by atoms with Gasteiger partial charge in [0.25, 0.3) is 5.91 Å². The highest BCUT2D eigenvalue weighted by molar-refractivity contribution is 7.99. The van der Waals surface area contributed by atoms with Crippen LogP contribution in [0.3, 0.4) is 0 Å². The molecule has 3 rings (SSSR count). The summed E-state index contributed by atoms with van der Waals surface area (Å²) in [6.45, 7) is 0.398. The number of rotatable bonds is 9. The molecule has 2 amide bonds. The molecule has 32 heavy (non-hydrogen) atoms. The van der Waals surface area contributed by atoms with Crippen molar-refractivity contribution in [1.82, 2.24) is 20.1 Å². The van der Waals surface area contributed by atoms with Crippen LogP contribution in [0.25, 0.3) is 0 Å². The molecule has 0 saturated heterocycles. The molecule has 2 aromatic carbocycles. The highest BCUT2D eigenvalue weighted by Gasteiger charge is 2.13. The van der Waals surface area contributed by atoms with Gasteiger partial charge in [-0.2, -0.15) is 0 Å². The van der Waals surface area contributed by atoms with Gasteiger partial charge in [0.2, 0.25) is 5.91 Å². The normalized spacial score (nSPS) is 10.6. The maximum atomic E-state index is 12.2. The Morgan fingerprint density at radius 2 is 1.88 bits per heavy atom. The molecule has 8 nitrogen and oxygen atoms in total. The molecule has 0 aliphatic carbocycles.